The molecule has 4 nitrogen and oxygen atoms in total. The molecule has 0 fully saturated rings. The zero-order valence-corrected chi connectivity index (χ0v) is 14.5. The maximum atomic E-state index is 6.08. The summed E-state index contributed by atoms with van der Waals surface area (Å²) in [4.78, 5) is 3.33. The average molecular weight is 356 g/mol. The van der Waals surface area contributed by atoms with Gasteiger partial charge in [-0.15, -0.1) is 10.2 Å². The van der Waals surface area contributed by atoms with Gasteiger partial charge in [-0.05, 0) is 36.2 Å². The van der Waals surface area contributed by atoms with Crippen LogP contribution in [-0.2, 0) is 5.75 Å². The Hall–Kier alpha value is -2.24. The molecule has 0 amide bonds. The number of rotatable bonds is 4. The second kappa shape index (κ2) is 6.34. The Morgan fingerprint density at radius 1 is 1.12 bits per heavy atom. The second-order valence-corrected chi connectivity index (χ2v) is 6.83. The van der Waals surface area contributed by atoms with E-state index in [4.69, 9.17) is 16.0 Å². The van der Waals surface area contributed by atoms with Gasteiger partial charge in [0.2, 0.25) is 0 Å². The molecule has 2 aromatic carbocycles. The summed E-state index contributed by atoms with van der Waals surface area (Å²) < 4.78 is 5.81. The predicted octanol–water partition coefficient (Wildman–Crippen LogP) is 5.47. The van der Waals surface area contributed by atoms with Crippen molar-refractivity contribution in [3.8, 4) is 11.6 Å². The fourth-order valence-electron chi connectivity index (χ4n) is 2.60. The number of aromatic nitrogens is 3. The molecule has 0 saturated heterocycles. The van der Waals surface area contributed by atoms with E-state index in [-0.39, 0.29) is 0 Å². The number of hydrogen-bond acceptors (Lipinski definition) is 4. The number of nitrogens with zero attached hydrogens (tertiary/aromatic N) is 2. The lowest BCUT2D eigenvalue weighted by Crippen LogP contribution is -1.80. The van der Waals surface area contributed by atoms with Crippen molar-refractivity contribution in [1.82, 2.24) is 15.2 Å². The van der Waals surface area contributed by atoms with Gasteiger partial charge in [0.25, 0.3) is 11.1 Å². The van der Waals surface area contributed by atoms with Crippen molar-refractivity contribution in [2.45, 2.75) is 17.9 Å². The molecule has 6 heteroatoms. The number of hydrogen-bond donors (Lipinski definition) is 1. The third kappa shape index (κ3) is 2.92. The fourth-order valence-corrected chi connectivity index (χ4v) is 3.49. The van der Waals surface area contributed by atoms with Crippen molar-refractivity contribution in [2.24, 2.45) is 0 Å². The van der Waals surface area contributed by atoms with Crippen molar-refractivity contribution < 1.29 is 4.42 Å². The third-order valence-electron chi connectivity index (χ3n) is 3.85. The molecule has 0 aliphatic carbocycles. The van der Waals surface area contributed by atoms with Crippen LogP contribution in [0.25, 0.3) is 22.5 Å². The van der Waals surface area contributed by atoms with Gasteiger partial charge in [0.15, 0.2) is 0 Å². The van der Waals surface area contributed by atoms with Crippen molar-refractivity contribution in [2.75, 3.05) is 0 Å². The van der Waals surface area contributed by atoms with Gasteiger partial charge in [0.05, 0.1) is 0 Å². The number of H-pyrrole nitrogens is 1. The van der Waals surface area contributed by atoms with Gasteiger partial charge in [0, 0.05) is 21.7 Å². The highest BCUT2D eigenvalue weighted by molar-refractivity contribution is 7.98. The first-order valence-corrected chi connectivity index (χ1v) is 8.85. The minimum absolute atomic E-state index is 0.496. The highest BCUT2D eigenvalue weighted by Gasteiger charge is 2.16. The Morgan fingerprint density at radius 2 is 1.96 bits per heavy atom. The lowest BCUT2D eigenvalue weighted by atomic mass is 10.1. The zero-order valence-electron chi connectivity index (χ0n) is 12.9. The standard InChI is InChI=1S/C18H14ClN3OS/c1-11-14-9-13(19)7-8-15(14)20-16(11)17-21-22-18(23-17)24-10-12-5-3-2-4-6-12/h2-9,20H,10H2,1H3. The molecule has 4 rings (SSSR count). The van der Waals surface area contributed by atoms with Crippen LogP contribution in [0.3, 0.4) is 0 Å². The molecule has 24 heavy (non-hydrogen) atoms. The largest absolute Gasteiger partial charge is 0.410 e. The van der Waals surface area contributed by atoms with Gasteiger partial charge in [0.1, 0.15) is 5.69 Å². The molecule has 120 valence electrons. The van der Waals surface area contributed by atoms with Gasteiger partial charge < -0.3 is 9.40 Å². The maximum absolute atomic E-state index is 6.08. The summed E-state index contributed by atoms with van der Waals surface area (Å²) in [6.07, 6.45) is 0. The lowest BCUT2D eigenvalue weighted by molar-refractivity contribution is 0.464. The van der Waals surface area contributed by atoms with E-state index in [1.807, 2.05) is 43.3 Å². The Balaban J connectivity index is 1.59. The summed E-state index contributed by atoms with van der Waals surface area (Å²) in [5.74, 6) is 1.29. The molecule has 0 saturated carbocycles. The van der Waals surface area contributed by atoms with Crippen LogP contribution in [0.5, 0.6) is 0 Å². The van der Waals surface area contributed by atoms with Gasteiger partial charge in [-0.1, -0.05) is 53.7 Å². The SMILES string of the molecule is Cc1c(-c2nnc(SCc3ccccc3)o2)[nH]c2ccc(Cl)cc12. The Kier molecular flexibility index (Phi) is 4.04. The summed E-state index contributed by atoms with van der Waals surface area (Å²) >= 11 is 7.61. The van der Waals surface area contributed by atoms with E-state index >= 15 is 0 Å². The summed E-state index contributed by atoms with van der Waals surface area (Å²) in [5.41, 5.74) is 4.12. The van der Waals surface area contributed by atoms with Crippen LogP contribution >= 0.6 is 23.4 Å². The lowest BCUT2D eigenvalue weighted by Gasteiger charge is -1.96. The van der Waals surface area contributed by atoms with Crippen LogP contribution in [0, 0.1) is 6.92 Å². The molecule has 4 aromatic rings. The van der Waals surface area contributed by atoms with Crippen LogP contribution in [0.2, 0.25) is 5.02 Å². The van der Waals surface area contributed by atoms with Crippen molar-refractivity contribution >= 4 is 34.3 Å². The molecule has 0 radical (unpaired) electrons. The summed E-state index contributed by atoms with van der Waals surface area (Å²) in [6, 6.07) is 16.0. The van der Waals surface area contributed by atoms with Crippen molar-refractivity contribution in [3.63, 3.8) is 0 Å². The van der Waals surface area contributed by atoms with Crippen molar-refractivity contribution in [3.05, 3.63) is 64.7 Å². The van der Waals surface area contributed by atoms with Crippen molar-refractivity contribution in [1.29, 1.82) is 0 Å². The number of fused-ring (bicyclic) bond motifs is 1. The van der Waals surface area contributed by atoms with E-state index in [9.17, 15) is 0 Å². The average Bonchev–Trinajstić information content (AvgIpc) is 3.19. The number of aryl methyl sites for hydroxylation is 1. The quantitative estimate of drug-likeness (QED) is 0.493. The molecule has 2 aromatic heterocycles. The number of halogens is 1. The second-order valence-electron chi connectivity index (χ2n) is 5.46. The minimum atomic E-state index is 0.496. The van der Waals surface area contributed by atoms with Crippen LogP contribution in [0.4, 0.5) is 0 Å². The number of thioether (sulfide) groups is 1. The first-order valence-electron chi connectivity index (χ1n) is 7.49. The van der Waals surface area contributed by atoms with Gasteiger partial charge in [-0.2, -0.15) is 0 Å². The van der Waals surface area contributed by atoms with Gasteiger partial charge in [-0.3, -0.25) is 0 Å². The molecule has 1 N–H and O–H groups in total. The number of nitrogens with one attached hydrogen (secondary N) is 1. The number of aromatic amines is 1. The van der Waals surface area contributed by atoms with Crippen LogP contribution < -0.4 is 0 Å². The molecule has 0 atom stereocenters. The van der Waals surface area contributed by atoms with Gasteiger partial charge in [-0.25, -0.2) is 0 Å². The summed E-state index contributed by atoms with van der Waals surface area (Å²) in [6.45, 7) is 2.02. The van der Waals surface area contributed by atoms with Crippen LogP contribution in [0.1, 0.15) is 11.1 Å². The first-order chi connectivity index (χ1) is 11.7. The summed E-state index contributed by atoms with van der Waals surface area (Å²) in [5, 5.41) is 10.6. The Morgan fingerprint density at radius 3 is 2.79 bits per heavy atom. The fraction of sp³-hybridized carbons (Fsp3) is 0.111. The molecular weight excluding hydrogens is 342 g/mol. The van der Waals surface area contributed by atoms with E-state index in [2.05, 4.69) is 27.3 Å². The first kappa shape index (κ1) is 15.3. The zero-order chi connectivity index (χ0) is 16.5. The van der Waals surface area contributed by atoms with E-state index in [1.165, 1.54) is 17.3 Å². The Bertz CT molecular complexity index is 994. The molecule has 0 unspecified atom stereocenters. The van der Waals surface area contributed by atoms with Gasteiger partial charge >= 0.3 is 0 Å². The minimum Gasteiger partial charge on any atom is -0.410 e. The monoisotopic (exact) mass is 355 g/mol. The topological polar surface area (TPSA) is 54.7 Å². The van der Waals surface area contributed by atoms with E-state index < -0.39 is 0 Å². The van der Waals surface area contributed by atoms with E-state index in [0.717, 1.165) is 27.9 Å². The third-order valence-corrected chi connectivity index (χ3v) is 4.97. The highest BCUT2D eigenvalue weighted by Crippen LogP contribution is 2.32. The van der Waals surface area contributed by atoms with E-state index in [1.54, 1.807) is 0 Å². The van der Waals surface area contributed by atoms with Crippen LogP contribution in [-0.4, -0.2) is 15.2 Å². The Labute approximate surface area is 148 Å². The maximum Gasteiger partial charge on any atom is 0.277 e. The predicted molar refractivity (Wildman–Crippen MR) is 97.3 cm³/mol. The van der Waals surface area contributed by atoms with E-state index in [0.29, 0.717) is 16.1 Å². The molecule has 0 bridgehead atoms. The summed E-state index contributed by atoms with van der Waals surface area (Å²) in [7, 11) is 0. The van der Waals surface area contributed by atoms with Crippen LogP contribution in [0.15, 0.2) is 58.2 Å². The molecular formula is C18H14ClN3OS. The number of benzene rings is 2. The molecule has 0 spiro atoms. The molecule has 0 aliphatic heterocycles. The molecule has 2 heterocycles. The normalized spacial score (nSPS) is 11.2. The highest BCUT2D eigenvalue weighted by atomic mass is 35.5. The smallest absolute Gasteiger partial charge is 0.277 e. The molecule has 0 aliphatic rings.